The number of allylic oxidation sites excluding steroid dienone is 2. The van der Waals surface area contributed by atoms with Gasteiger partial charge in [-0.3, -0.25) is 32.5 Å². The second kappa shape index (κ2) is 34.6. The molecule has 420 valence electrons. The van der Waals surface area contributed by atoms with Crippen LogP contribution in [0.25, 0.3) is 0 Å². The molecule has 0 spiro atoms. The predicted molar refractivity (Wildman–Crippen MR) is 262 cm³/mol. The lowest BCUT2D eigenvalue weighted by molar-refractivity contribution is -0.254. The van der Waals surface area contributed by atoms with Gasteiger partial charge in [0.05, 0.1) is 18.7 Å². The smallest absolute Gasteiger partial charge is 0.472 e. The van der Waals surface area contributed by atoms with Gasteiger partial charge in [-0.25, -0.2) is 13.9 Å². The average Bonchev–Trinajstić information content (AvgIpc) is 3.85. The van der Waals surface area contributed by atoms with Crippen molar-refractivity contribution >= 4 is 59.1 Å². The molecule has 3 aliphatic rings. The quantitative estimate of drug-likeness (QED) is 0.0136. The Morgan fingerprint density at radius 3 is 1.93 bits per heavy atom. The van der Waals surface area contributed by atoms with Crippen LogP contribution in [-0.4, -0.2) is 144 Å². The molecule has 12 atom stereocenters. The summed E-state index contributed by atoms with van der Waals surface area (Å²) >= 11 is 1.81. The van der Waals surface area contributed by atoms with Gasteiger partial charge in [0.25, 0.3) is 7.82 Å². The highest BCUT2D eigenvalue weighted by atomic mass is 32.2. The van der Waals surface area contributed by atoms with Crippen LogP contribution in [0.2, 0.25) is 0 Å². The highest BCUT2D eigenvalue weighted by molar-refractivity contribution is 8.00. The van der Waals surface area contributed by atoms with Crippen molar-refractivity contribution in [2.45, 2.75) is 208 Å². The summed E-state index contributed by atoms with van der Waals surface area (Å²) in [6.45, 7) is 0.940. The second-order valence-corrected chi connectivity index (χ2v) is 23.1. The van der Waals surface area contributed by atoms with Crippen LogP contribution in [0.5, 0.6) is 0 Å². The molecule has 0 aromatic rings. The number of rotatable bonds is 38. The van der Waals surface area contributed by atoms with Gasteiger partial charge in [0, 0.05) is 36.8 Å². The van der Waals surface area contributed by atoms with E-state index in [1.165, 1.54) is 38.5 Å². The molecule has 3 rings (SSSR count). The largest absolute Gasteiger partial charge is 0.756 e. The molecule has 0 radical (unpaired) electrons. The lowest BCUT2D eigenvalue weighted by Gasteiger charge is -2.45. The van der Waals surface area contributed by atoms with Crippen molar-refractivity contribution < 1.29 is 100 Å². The molecule has 0 aromatic carbocycles. The van der Waals surface area contributed by atoms with E-state index in [0.717, 1.165) is 57.1 Å². The molecular weight excluding hydrogens is 1030 g/mol. The van der Waals surface area contributed by atoms with Crippen LogP contribution in [0.1, 0.15) is 148 Å². The molecule has 0 bridgehead atoms. The standard InChI is InChI=1S/C43H78N3O21P3S.H3N/c1-2-3-4-5-6-7-8-9-10-11-12-13-14-15-17-24-34(48)62-27-30(28-63-70(60,61)67-40-37(50)38(51)41(65-68(54,55)56)42(39(40)52)66-69(57,58)59)64-35(49)25-18-16-21-26-44-33(47)23-20-19-22-32-36-31(29-71-32)45-43(53)46-36;/h9-10,30-32,36-42,50-52H,2-8,11-29H2,1H3,(H,44,47)(H,60,61)(H2,45,46,53)(H2,54,55,56)(H2,57,58,59);1H3/b10-9-;/t30-,31+,32+,36+,37-,38+,39+,40-,41-,42-;/m1./s1. The van der Waals surface area contributed by atoms with Crippen LogP contribution in [0.4, 0.5) is 4.79 Å². The lowest BCUT2D eigenvalue weighted by Crippen LogP contribution is -2.65. The first-order valence-electron chi connectivity index (χ1n) is 24.7. The number of esters is 2. The van der Waals surface area contributed by atoms with E-state index in [9.17, 15) is 67.8 Å². The van der Waals surface area contributed by atoms with E-state index in [4.69, 9.17) is 23.4 Å². The average molecular weight is 1120 g/mol. The molecule has 3 amide bonds. The van der Waals surface area contributed by atoms with Crippen LogP contribution >= 0.6 is 35.2 Å². The molecule has 0 aromatic heterocycles. The van der Waals surface area contributed by atoms with Gasteiger partial charge >= 0.3 is 33.6 Å². The fourth-order valence-corrected chi connectivity index (χ4v) is 12.0. The Bertz CT molecular complexity index is 1800. The minimum Gasteiger partial charge on any atom is -0.756 e. The van der Waals surface area contributed by atoms with Crippen molar-refractivity contribution in [2.75, 3.05) is 25.5 Å². The van der Waals surface area contributed by atoms with E-state index < -0.39 is 91.3 Å². The number of carbonyl (C=O) groups excluding carboxylic acids is 4. The van der Waals surface area contributed by atoms with E-state index >= 15 is 0 Å². The molecule has 29 heteroatoms. The first kappa shape index (κ1) is 66.1. The molecular formula is C43H81N4O21P3S. The summed E-state index contributed by atoms with van der Waals surface area (Å²) in [4.78, 5) is 99.3. The van der Waals surface area contributed by atoms with Crippen LogP contribution < -0.4 is 27.0 Å². The van der Waals surface area contributed by atoms with E-state index in [1.807, 2.05) is 11.8 Å². The molecule has 2 aliphatic heterocycles. The Morgan fingerprint density at radius 1 is 0.722 bits per heavy atom. The number of unbranched alkanes of at least 4 members (excludes halogenated alkanes) is 14. The Labute approximate surface area is 426 Å². The van der Waals surface area contributed by atoms with Gasteiger partial charge in [0.15, 0.2) is 6.10 Å². The summed E-state index contributed by atoms with van der Waals surface area (Å²) in [5.74, 6) is -0.709. The molecule has 2 heterocycles. The Kier molecular flexibility index (Phi) is 31.7. The molecule has 25 nitrogen and oxygen atoms in total. The van der Waals surface area contributed by atoms with Gasteiger partial charge < -0.3 is 75.9 Å². The molecule has 1 aliphatic carbocycles. The van der Waals surface area contributed by atoms with Crippen LogP contribution in [0.3, 0.4) is 0 Å². The van der Waals surface area contributed by atoms with E-state index in [0.29, 0.717) is 50.3 Å². The number of thioether (sulfide) groups is 1. The van der Waals surface area contributed by atoms with Crippen molar-refractivity contribution in [2.24, 2.45) is 0 Å². The third-order valence-corrected chi connectivity index (χ3v) is 15.6. The Morgan fingerprint density at radius 2 is 1.29 bits per heavy atom. The summed E-state index contributed by atoms with van der Waals surface area (Å²) in [6, 6.07) is 0.108. The molecule has 2 saturated heterocycles. The number of phosphoric ester groups is 3. The monoisotopic (exact) mass is 1110 g/mol. The number of fused-ring (bicyclic) bond motifs is 1. The van der Waals surface area contributed by atoms with Crippen LogP contribution in [-0.2, 0) is 55.6 Å². The minimum absolute atomic E-state index is 0. The molecule has 3 fully saturated rings. The van der Waals surface area contributed by atoms with Gasteiger partial charge in [-0.05, 0) is 57.8 Å². The maximum absolute atomic E-state index is 13.1. The van der Waals surface area contributed by atoms with E-state index in [-0.39, 0.29) is 43.0 Å². The van der Waals surface area contributed by atoms with E-state index in [2.05, 4.69) is 44.1 Å². The van der Waals surface area contributed by atoms with Gasteiger partial charge in [-0.2, -0.15) is 11.8 Å². The SMILES string of the molecule is CCCCCCCC/C=C\CCCCCCCC(=O)OC[C@H](COP(=O)(O)O[C@@H]1[C@H](O)[C@H](O)[C@@H](OP(=O)([O-])O)[C@H](OP(=O)(O)O)[C@H]1O)OC(=O)CCCCCNC(=O)CCCC[C@@H]1SC[C@@H]2NC(=O)N[C@@H]21.[NH4+]. The molecule has 72 heavy (non-hydrogen) atoms. The summed E-state index contributed by atoms with van der Waals surface area (Å²) < 4.78 is 65.1. The summed E-state index contributed by atoms with van der Waals surface area (Å²) in [7, 11) is -17.0. The number of hydrogen-bond donors (Lipinski definition) is 11. The summed E-state index contributed by atoms with van der Waals surface area (Å²) in [5, 5.41) is 40.9. The number of nitrogens with one attached hydrogen (secondary N) is 3. The van der Waals surface area contributed by atoms with Crippen molar-refractivity contribution in [3.05, 3.63) is 12.2 Å². The highest BCUT2D eigenvalue weighted by Crippen LogP contribution is 2.50. The topological polar surface area (TPSA) is 412 Å². The number of ether oxygens (including phenoxy) is 2. The summed E-state index contributed by atoms with van der Waals surface area (Å²) in [5.41, 5.74) is 0. The van der Waals surface area contributed by atoms with Gasteiger partial charge in [-0.1, -0.05) is 83.3 Å². The third kappa shape index (κ3) is 27.1. The zero-order valence-corrected chi connectivity index (χ0v) is 44.9. The second-order valence-electron chi connectivity index (χ2n) is 18.1. The number of hydrogen-bond acceptors (Lipinski definition) is 18. The van der Waals surface area contributed by atoms with Gasteiger partial charge in [-0.15, -0.1) is 0 Å². The van der Waals surface area contributed by atoms with Crippen LogP contribution in [0.15, 0.2) is 12.2 Å². The van der Waals surface area contributed by atoms with Crippen molar-refractivity contribution in [3.63, 3.8) is 0 Å². The molecule has 1 saturated carbocycles. The highest BCUT2D eigenvalue weighted by Gasteiger charge is 2.56. The number of quaternary nitrogens is 1. The zero-order valence-electron chi connectivity index (χ0n) is 41.4. The fourth-order valence-electron chi connectivity index (χ4n) is 8.33. The Balaban J connectivity index is 0.0000178. The predicted octanol–water partition coefficient (Wildman–Crippen LogP) is 4.18. The van der Waals surface area contributed by atoms with Gasteiger partial charge in [0.1, 0.15) is 43.2 Å². The lowest BCUT2D eigenvalue weighted by atomic mass is 9.85. The number of urea groups is 1. The van der Waals surface area contributed by atoms with E-state index in [1.54, 1.807) is 0 Å². The molecule has 2 unspecified atom stereocenters. The maximum atomic E-state index is 13.1. The minimum atomic E-state index is -5.82. The number of carbonyl (C=O) groups is 4. The number of aliphatic hydroxyl groups is 3. The van der Waals surface area contributed by atoms with Crippen LogP contribution in [0, 0.1) is 0 Å². The molecule has 14 N–H and O–H groups in total. The third-order valence-electron chi connectivity index (χ3n) is 12.0. The zero-order chi connectivity index (χ0) is 52.5. The number of amides is 3. The Hall–Kier alpha value is -2.06. The van der Waals surface area contributed by atoms with Crippen molar-refractivity contribution in [1.82, 2.24) is 22.1 Å². The summed E-state index contributed by atoms with van der Waals surface area (Å²) in [6.07, 6.45) is 5.34. The number of aliphatic hydroxyl groups excluding tert-OH is 3. The first-order valence-corrected chi connectivity index (χ1v) is 30.3. The van der Waals surface area contributed by atoms with Crippen molar-refractivity contribution in [3.8, 4) is 0 Å². The van der Waals surface area contributed by atoms with Gasteiger partial charge in [0.2, 0.25) is 5.91 Å². The van der Waals surface area contributed by atoms with Crippen molar-refractivity contribution in [1.29, 1.82) is 0 Å². The fraction of sp³-hybridized carbons (Fsp3) is 0.860. The maximum Gasteiger partial charge on any atom is 0.472 e. The first-order chi connectivity index (χ1) is 33.6. The number of phosphoric acid groups is 3. The normalized spacial score (nSPS) is 26.1.